The van der Waals surface area contributed by atoms with Gasteiger partial charge >= 0.3 is 0 Å². The average Bonchev–Trinajstić information content (AvgIpc) is 3.34. The van der Waals surface area contributed by atoms with Crippen LogP contribution in [0.15, 0.2) is 57.9 Å². The molecule has 0 bridgehead atoms. The first-order valence-corrected chi connectivity index (χ1v) is 12.1. The first-order valence-electron chi connectivity index (χ1n) is 10.6. The smallest absolute Gasteiger partial charge is 0.262 e. The Balaban J connectivity index is 1.26. The largest absolute Gasteiger partial charge is 0.482 e. The van der Waals surface area contributed by atoms with E-state index in [1.807, 2.05) is 37.3 Å². The molecule has 0 aliphatic carbocycles. The Kier molecular flexibility index (Phi) is 5.60. The van der Waals surface area contributed by atoms with Gasteiger partial charge in [0.05, 0.1) is 16.6 Å². The highest BCUT2D eigenvalue weighted by Crippen LogP contribution is 2.32. The molecule has 1 atom stereocenters. The molecule has 1 aromatic heterocycles. The number of anilines is 1. The zero-order valence-electron chi connectivity index (χ0n) is 18.0. The van der Waals surface area contributed by atoms with Gasteiger partial charge in [0.1, 0.15) is 5.75 Å². The molecule has 2 aliphatic rings. The van der Waals surface area contributed by atoms with Gasteiger partial charge in [-0.3, -0.25) is 9.69 Å². The summed E-state index contributed by atoms with van der Waals surface area (Å²) in [7, 11) is -3.71. The summed E-state index contributed by atoms with van der Waals surface area (Å²) in [6.07, 6.45) is 0. The monoisotopic (exact) mass is 469 g/mol. The summed E-state index contributed by atoms with van der Waals surface area (Å²) in [5.41, 5.74) is 1.24. The Bertz CT molecular complexity index is 1270. The molecule has 2 aromatic carbocycles. The summed E-state index contributed by atoms with van der Waals surface area (Å²) in [6, 6.07) is 14.0. The van der Waals surface area contributed by atoms with Gasteiger partial charge in [0.25, 0.3) is 5.91 Å². The van der Waals surface area contributed by atoms with Crippen molar-refractivity contribution < 1.29 is 22.5 Å². The van der Waals surface area contributed by atoms with Crippen molar-refractivity contribution in [3.05, 3.63) is 54.4 Å². The molecule has 11 heteroatoms. The second kappa shape index (κ2) is 8.58. The number of rotatable bonds is 5. The van der Waals surface area contributed by atoms with E-state index in [4.69, 9.17) is 9.26 Å². The molecule has 33 heavy (non-hydrogen) atoms. The SMILES string of the molecule is CC(c1nc(-c2ccccc2)no1)N1CCN(S(=O)(=O)c2ccc3c(c2)NC(=O)CO3)CC1. The van der Waals surface area contributed by atoms with Crippen molar-refractivity contribution in [1.29, 1.82) is 0 Å². The third-order valence-corrected chi connectivity index (χ3v) is 7.77. The van der Waals surface area contributed by atoms with Crippen molar-refractivity contribution in [2.45, 2.75) is 17.9 Å². The first-order chi connectivity index (χ1) is 15.9. The summed E-state index contributed by atoms with van der Waals surface area (Å²) >= 11 is 0. The molecule has 0 saturated carbocycles. The van der Waals surface area contributed by atoms with E-state index in [0.717, 1.165) is 5.56 Å². The van der Waals surface area contributed by atoms with Gasteiger partial charge in [0.15, 0.2) is 6.61 Å². The summed E-state index contributed by atoms with van der Waals surface area (Å²) in [6.45, 7) is 3.59. The molecule has 172 valence electrons. The van der Waals surface area contributed by atoms with Crippen LogP contribution < -0.4 is 10.1 Å². The van der Waals surface area contributed by atoms with Crippen LogP contribution in [0, 0.1) is 0 Å². The number of benzene rings is 2. The Hall–Kier alpha value is -3.28. The number of hydrogen-bond donors (Lipinski definition) is 1. The lowest BCUT2D eigenvalue weighted by Gasteiger charge is -2.36. The molecular weight excluding hydrogens is 446 g/mol. The number of hydrogen-bond acceptors (Lipinski definition) is 8. The van der Waals surface area contributed by atoms with Crippen LogP contribution in [-0.2, 0) is 14.8 Å². The van der Waals surface area contributed by atoms with E-state index >= 15 is 0 Å². The molecule has 1 saturated heterocycles. The van der Waals surface area contributed by atoms with Crippen molar-refractivity contribution in [2.75, 3.05) is 38.1 Å². The Morgan fingerprint density at radius 1 is 1.06 bits per heavy atom. The Morgan fingerprint density at radius 3 is 2.58 bits per heavy atom. The van der Waals surface area contributed by atoms with Gasteiger partial charge in [-0.1, -0.05) is 35.5 Å². The topological polar surface area (TPSA) is 118 Å². The van der Waals surface area contributed by atoms with Gasteiger partial charge in [0, 0.05) is 31.7 Å². The van der Waals surface area contributed by atoms with Gasteiger partial charge in [-0.2, -0.15) is 9.29 Å². The second-order valence-corrected chi connectivity index (χ2v) is 9.87. The maximum Gasteiger partial charge on any atom is 0.262 e. The molecular formula is C22H23N5O5S. The summed E-state index contributed by atoms with van der Waals surface area (Å²) in [4.78, 5) is 18.3. The van der Waals surface area contributed by atoms with E-state index in [1.165, 1.54) is 16.4 Å². The highest BCUT2D eigenvalue weighted by Gasteiger charge is 2.32. The van der Waals surface area contributed by atoms with Crippen molar-refractivity contribution in [3.8, 4) is 17.1 Å². The fraction of sp³-hybridized carbons (Fsp3) is 0.318. The lowest BCUT2D eigenvalue weighted by molar-refractivity contribution is -0.118. The number of amides is 1. The minimum atomic E-state index is -3.71. The zero-order chi connectivity index (χ0) is 23.0. The molecule has 2 aliphatic heterocycles. The lowest BCUT2D eigenvalue weighted by Crippen LogP contribution is -2.49. The Morgan fingerprint density at radius 2 is 1.82 bits per heavy atom. The third kappa shape index (κ3) is 4.22. The number of piperazine rings is 1. The number of sulfonamides is 1. The van der Waals surface area contributed by atoms with Gasteiger partial charge in [-0.25, -0.2) is 8.42 Å². The van der Waals surface area contributed by atoms with E-state index in [2.05, 4.69) is 20.4 Å². The molecule has 0 radical (unpaired) electrons. The van der Waals surface area contributed by atoms with E-state index in [1.54, 1.807) is 6.07 Å². The zero-order valence-corrected chi connectivity index (χ0v) is 18.8. The van der Waals surface area contributed by atoms with E-state index < -0.39 is 10.0 Å². The molecule has 1 N–H and O–H groups in total. The van der Waals surface area contributed by atoms with E-state index in [-0.39, 0.29) is 23.5 Å². The van der Waals surface area contributed by atoms with Crippen LogP contribution in [0.1, 0.15) is 18.9 Å². The summed E-state index contributed by atoms with van der Waals surface area (Å²) in [5, 5.41) is 6.73. The van der Waals surface area contributed by atoms with E-state index in [9.17, 15) is 13.2 Å². The van der Waals surface area contributed by atoms with Crippen LogP contribution in [0.5, 0.6) is 5.75 Å². The number of nitrogens with zero attached hydrogens (tertiary/aromatic N) is 4. The number of fused-ring (bicyclic) bond motifs is 1. The number of ether oxygens (including phenoxy) is 1. The van der Waals surface area contributed by atoms with Gasteiger partial charge in [0.2, 0.25) is 21.7 Å². The van der Waals surface area contributed by atoms with E-state index in [0.29, 0.717) is 49.3 Å². The highest BCUT2D eigenvalue weighted by molar-refractivity contribution is 7.89. The molecule has 3 aromatic rings. The quantitative estimate of drug-likeness (QED) is 0.604. The average molecular weight is 470 g/mol. The van der Waals surface area contributed by atoms with Gasteiger partial charge in [-0.15, -0.1) is 0 Å². The summed E-state index contributed by atoms with van der Waals surface area (Å²) in [5.74, 6) is 1.18. The molecule has 1 fully saturated rings. The second-order valence-electron chi connectivity index (χ2n) is 7.93. The van der Waals surface area contributed by atoms with Crippen molar-refractivity contribution in [2.24, 2.45) is 0 Å². The molecule has 5 rings (SSSR count). The van der Waals surface area contributed by atoms with Crippen LogP contribution >= 0.6 is 0 Å². The maximum atomic E-state index is 13.2. The van der Waals surface area contributed by atoms with Crippen LogP contribution in [0.25, 0.3) is 11.4 Å². The lowest BCUT2D eigenvalue weighted by atomic mass is 10.2. The standard InChI is InChI=1S/C22H23N5O5S/c1-15(22-24-21(25-32-22)16-5-3-2-4-6-16)26-9-11-27(12-10-26)33(29,30)17-7-8-19-18(13-17)23-20(28)14-31-19/h2-8,13,15H,9-12,14H2,1H3,(H,23,28). The summed E-state index contributed by atoms with van der Waals surface area (Å²) < 4.78 is 38.6. The number of nitrogens with one attached hydrogen (secondary N) is 1. The first kappa shape index (κ1) is 21.6. The van der Waals surface area contributed by atoms with Gasteiger partial charge < -0.3 is 14.6 Å². The minimum absolute atomic E-state index is 0.0773. The predicted molar refractivity (Wildman–Crippen MR) is 119 cm³/mol. The normalized spacial score (nSPS) is 18.3. The predicted octanol–water partition coefficient (Wildman–Crippen LogP) is 2.13. The molecule has 1 amide bonds. The highest BCUT2D eigenvalue weighted by atomic mass is 32.2. The molecule has 3 heterocycles. The number of carbonyl (C=O) groups excluding carboxylic acids is 1. The number of aromatic nitrogens is 2. The third-order valence-electron chi connectivity index (χ3n) is 5.87. The van der Waals surface area contributed by atoms with Crippen LogP contribution in [0.2, 0.25) is 0 Å². The van der Waals surface area contributed by atoms with Crippen molar-refractivity contribution in [1.82, 2.24) is 19.3 Å². The van der Waals surface area contributed by atoms with Crippen LogP contribution in [-0.4, -0.2) is 66.5 Å². The van der Waals surface area contributed by atoms with Crippen molar-refractivity contribution in [3.63, 3.8) is 0 Å². The Labute approximate surface area is 191 Å². The molecule has 1 unspecified atom stereocenters. The minimum Gasteiger partial charge on any atom is -0.482 e. The molecule has 0 spiro atoms. The van der Waals surface area contributed by atoms with Crippen LogP contribution in [0.4, 0.5) is 5.69 Å². The maximum absolute atomic E-state index is 13.2. The molecule has 10 nitrogen and oxygen atoms in total. The van der Waals surface area contributed by atoms with Crippen LogP contribution in [0.3, 0.4) is 0 Å². The van der Waals surface area contributed by atoms with Crippen molar-refractivity contribution >= 4 is 21.6 Å². The van der Waals surface area contributed by atoms with Gasteiger partial charge in [-0.05, 0) is 25.1 Å². The fourth-order valence-electron chi connectivity index (χ4n) is 3.97. The fourth-order valence-corrected chi connectivity index (χ4v) is 5.42. The number of carbonyl (C=O) groups is 1.